The molecule has 0 spiro atoms. The van der Waals surface area contributed by atoms with Crippen LogP contribution in [0, 0.1) is 0 Å². The van der Waals surface area contributed by atoms with E-state index < -0.39 is 12.0 Å². The molecule has 0 bridgehead atoms. The van der Waals surface area contributed by atoms with E-state index in [-0.39, 0.29) is 29.4 Å². The van der Waals surface area contributed by atoms with Gasteiger partial charge < -0.3 is 19.3 Å². The zero-order chi connectivity index (χ0) is 28.9. The molecule has 41 heavy (non-hydrogen) atoms. The van der Waals surface area contributed by atoms with Gasteiger partial charge in [-0.25, -0.2) is 9.78 Å². The molecule has 2 heterocycles. The van der Waals surface area contributed by atoms with Crippen molar-refractivity contribution in [2.45, 2.75) is 45.3 Å². The van der Waals surface area contributed by atoms with Crippen LogP contribution in [-0.4, -0.2) is 57.0 Å². The number of rotatable bonds is 9. The first kappa shape index (κ1) is 28.0. The number of Topliss-reactive ketones (excluding diaryl/α,β-unsaturated/α-hetero) is 1. The van der Waals surface area contributed by atoms with Gasteiger partial charge in [0.25, 0.3) is 5.91 Å². The number of ether oxygens (including phenoxy) is 1. The molecule has 210 valence electrons. The fraction of sp³-hybridized carbons (Fsp3) is 0.273. The zero-order valence-corrected chi connectivity index (χ0v) is 23.2. The summed E-state index contributed by atoms with van der Waals surface area (Å²) >= 11 is 0. The maximum Gasteiger partial charge on any atom is 0.337 e. The molecule has 1 amide bonds. The summed E-state index contributed by atoms with van der Waals surface area (Å²) in [6.07, 6.45) is 3.88. The number of carbonyl (C=O) groups excluding carboxylic acids is 3. The standard InChI is InChI=1S/C33H33N3O5/c1-22(38)30-20-35(16-8-11-23-9-4-3-5-10-23)31(34-30)28-15-14-25(33(40)41-2)18-29(28)32(39)36-19-26-13-7-6-12-24(26)17-27(36)21-37/h3-7,9-10,12-15,18,20,27,37H,8,11,16-17,19,21H2,1-2H3/t27-/m0/s1. The monoisotopic (exact) mass is 551 g/mol. The number of fused-ring (bicyclic) bond motifs is 1. The minimum absolute atomic E-state index is 0.180. The Labute approximate surface area is 239 Å². The second-order valence-corrected chi connectivity index (χ2v) is 10.3. The second-order valence-electron chi connectivity index (χ2n) is 10.3. The number of imidazole rings is 1. The Morgan fingerprint density at radius 3 is 2.44 bits per heavy atom. The van der Waals surface area contributed by atoms with E-state index in [2.05, 4.69) is 17.1 Å². The lowest BCUT2D eigenvalue weighted by molar-refractivity contribution is 0.0544. The van der Waals surface area contributed by atoms with Crippen molar-refractivity contribution in [3.63, 3.8) is 0 Å². The van der Waals surface area contributed by atoms with Gasteiger partial charge >= 0.3 is 5.97 Å². The van der Waals surface area contributed by atoms with Crippen molar-refractivity contribution in [3.8, 4) is 11.4 Å². The van der Waals surface area contributed by atoms with Gasteiger partial charge in [0.2, 0.25) is 0 Å². The lowest BCUT2D eigenvalue weighted by atomic mass is 9.92. The summed E-state index contributed by atoms with van der Waals surface area (Å²) < 4.78 is 6.84. The first-order valence-electron chi connectivity index (χ1n) is 13.7. The van der Waals surface area contributed by atoms with Crippen molar-refractivity contribution in [2.24, 2.45) is 0 Å². The highest BCUT2D eigenvalue weighted by molar-refractivity contribution is 6.03. The molecule has 4 aromatic rings. The van der Waals surface area contributed by atoms with Gasteiger partial charge in [-0.2, -0.15) is 0 Å². The lowest BCUT2D eigenvalue weighted by Crippen LogP contribution is -2.46. The van der Waals surface area contributed by atoms with Crippen LogP contribution in [0.2, 0.25) is 0 Å². The normalized spacial score (nSPS) is 14.4. The summed E-state index contributed by atoms with van der Waals surface area (Å²) in [5, 5.41) is 10.2. The van der Waals surface area contributed by atoms with Gasteiger partial charge in [0.1, 0.15) is 11.5 Å². The number of methoxy groups -OCH3 is 1. The fourth-order valence-corrected chi connectivity index (χ4v) is 5.37. The van der Waals surface area contributed by atoms with E-state index in [1.165, 1.54) is 25.7 Å². The molecule has 0 saturated carbocycles. The van der Waals surface area contributed by atoms with Crippen LogP contribution >= 0.6 is 0 Å². The maximum absolute atomic E-state index is 14.2. The number of hydrogen-bond acceptors (Lipinski definition) is 6. The molecule has 0 fully saturated rings. The molecule has 1 aliphatic rings. The Morgan fingerprint density at radius 2 is 1.73 bits per heavy atom. The average Bonchev–Trinajstić information content (AvgIpc) is 3.44. The number of aromatic nitrogens is 2. The topological polar surface area (TPSA) is 102 Å². The van der Waals surface area contributed by atoms with E-state index in [9.17, 15) is 19.5 Å². The predicted octanol–water partition coefficient (Wildman–Crippen LogP) is 4.73. The smallest absolute Gasteiger partial charge is 0.337 e. The van der Waals surface area contributed by atoms with Gasteiger partial charge in [-0.1, -0.05) is 54.6 Å². The molecule has 1 atom stereocenters. The van der Waals surface area contributed by atoms with Crippen molar-refractivity contribution < 1.29 is 24.2 Å². The van der Waals surface area contributed by atoms with Crippen molar-refractivity contribution in [1.82, 2.24) is 14.5 Å². The lowest BCUT2D eigenvalue weighted by Gasteiger charge is -2.36. The van der Waals surface area contributed by atoms with Crippen LogP contribution in [0.1, 0.15) is 61.2 Å². The van der Waals surface area contributed by atoms with E-state index in [0.717, 1.165) is 24.0 Å². The van der Waals surface area contributed by atoms with E-state index in [1.807, 2.05) is 47.0 Å². The number of carbonyl (C=O) groups is 3. The van der Waals surface area contributed by atoms with Crippen LogP contribution in [0.4, 0.5) is 0 Å². The summed E-state index contributed by atoms with van der Waals surface area (Å²) in [4.78, 5) is 45.4. The number of esters is 1. The number of aliphatic hydroxyl groups excluding tert-OH is 1. The summed E-state index contributed by atoms with van der Waals surface area (Å²) in [7, 11) is 1.29. The summed E-state index contributed by atoms with van der Waals surface area (Å²) in [5.74, 6) is -0.604. The summed E-state index contributed by atoms with van der Waals surface area (Å²) in [6, 6.07) is 22.4. The number of nitrogens with zero attached hydrogens (tertiary/aromatic N) is 3. The molecular formula is C33H33N3O5. The molecule has 1 N–H and O–H groups in total. The van der Waals surface area contributed by atoms with Crippen molar-refractivity contribution in [2.75, 3.05) is 13.7 Å². The Balaban J connectivity index is 1.55. The molecule has 8 nitrogen and oxygen atoms in total. The molecule has 0 aliphatic carbocycles. The minimum Gasteiger partial charge on any atom is -0.465 e. The number of aryl methyl sites for hydroxylation is 2. The van der Waals surface area contributed by atoms with Gasteiger partial charge in [0, 0.05) is 31.8 Å². The van der Waals surface area contributed by atoms with Crippen LogP contribution in [0.25, 0.3) is 11.4 Å². The highest BCUT2D eigenvalue weighted by atomic mass is 16.5. The van der Waals surface area contributed by atoms with Gasteiger partial charge in [0.05, 0.1) is 30.9 Å². The van der Waals surface area contributed by atoms with Gasteiger partial charge in [-0.15, -0.1) is 0 Å². The first-order valence-corrected chi connectivity index (χ1v) is 13.7. The van der Waals surface area contributed by atoms with Crippen molar-refractivity contribution >= 4 is 17.7 Å². The molecule has 8 heteroatoms. The quantitative estimate of drug-likeness (QED) is 0.238. The Morgan fingerprint density at radius 1 is 1.00 bits per heavy atom. The largest absolute Gasteiger partial charge is 0.465 e. The first-order chi connectivity index (χ1) is 19.9. The van der Waals surface area contributed by atoms with E-state index in [1.54, 1.807) is 23.2 Å². The van der Waals surface area contributed by atoms with E-state index in [4.69, 9.17) is 4.74 Å². The van der Waals surface area contributed by atoms with Crippen molar-refractivity contribution in [3.05, 3.63) is 113 Å². The minimum atomic E-state index is -0.566. The van der Waals surface area contributed by atoms with Crippen LogP contribution in [0.3, 0.4) is 0 Å². The SMILES string of the molecule is COC(=O)c1ccc(-c2nc(C(C)=O)cn2CCCc2ccccc2)c(C(=O)N2Cc3ccccc3C[C@H]2CO)c1. The van der Waals surface area contributed by atoms with Crippen LogP contribution in [-0.2, 0) is 30.7 Å². The third kappa shape index (κ3) is 5.98. The molecule has 0 saturated heterocycles. The van der Waals surface area contributed by atoms with Gasteiger partial charge in [0.15, 0.2) is 5.78 Å². The van der Waals surface area contributed by atoms with E-state index >= 15 is 0 Å². The van der Waals surface area contributed by atoms with Crippen molar-refractivity contribution in [1.29, 1.82) is 0 Å². The van der Waals surface area contributed by atoms with Crippen LogP contribution in [0.15, 0.2) is 79.0 Å². The third-order valence-electron chi connectivity index (χ3n) is 7.58. The maximum atomic E-state index is 14.2. The van der Waals surface area contributed by atoms with Crippen LogP contribution in [0.5, 0.6) is 0 Å². The highest BCUT2D eigenvalue weighted by Gasteiger charge is 2.32. The third-order valence-corrected chi connectivity index (χ3v) is 7.58. The number of benzene rings is 3. The fourth-order valence-electron chi connectivity index (χ4n) is 5.37. The highest BCUT2D eigenvalue weighted by Crippen LogP contribution is 2.31. The molecule has 0 radical (unpaired) electrons. The van der Waals surface area contributed by atoms with Gasteiger partial charge in [-0.05, 0) is 54.2 Å². The van der Waals surface area contributed by atoms with E-state index in [0.29, 0.717) is 36.6 Å². The zero-order valence-electron chi connectivity index (χ0n) is 23.2. The molecule has 1 aliphatic heterocycles. The second kappa shape index (κ2) is 12.3. The number of amides is 1. The molecule has 5 rings (SSSR count). The Kier molecular flexibility index (Phi) is 8.40. The summed E-state index contributed by atoms with van der Waals surface area (Å²) in [5.41, 5.74) is 4.61. The number of hydrogen-bond donors (Lipinski definition) is 1. The molecule has 0 unspecified atom stereocenters. The molecule has 3 aromatic carbocycles. The predicted molar refractivity (Wildman–Crippen MR) is 155 cm³/mol. The van der Waals surface area contributed by atoms with Gasteiger partial charge in [-0.3, -0.25) is 9.59 Å². The Bertz CT molecular complexity index is 1580. The van der Waals surface area contributed by atoms with Crippen LogP contribution < -0.4 is 0 Å². The Hall–Kier alpha value is -4.56. The number of ketones is 1. The molecular weight excluding hydrogens is 518 g/mol. The summed E-state index contributed by atoms with van der Waals surface area (Å²) in [6.45, 7) is 2.16. The average molecular weight is 552 g/mol. The molecule has 1 aromatic heterocycles. The number of aliphatic hydroxyl groups is 1.